The van der Waals surface area contributed by atoms with Gasteiger partial charge >= 0.3 is 11.9 Å². The van der Waals surface area contributed by atoms with E-state index in [1.54, 1.807) is 13.8 Å². The van der Waals surface area contributed by atoms with Crippen molar-refractivity contribution in [3.63, 3.8) is 0 Å². The minimum absolute atomic E-state index is 0.0545. The standard InChI is InChI=1S/C17H26O7S/c1-10(2)14(19)22-9-13(18)23-17(6)15(4)8-7-12(11(15)3)16(17,5)24-25(20)21/h11-12,25H,1,7-9H2,2-6H3. The van der Waals surface area contributed by atoms with Crippen LogP contribution >= 0.6 is 0 Å². The average Bonchev–Trinajstić information content (AvgIpc) is 2.84. The van der Waals surface area contributed by atoms with Crippen molar-refractivity contribution in [3.05, 3.63) is 12.2 Å². The Morgan fingerprint density at radius 3 is 2.36 bits per heavy atom. The van der Waals surface area contributed by atoms with Gasteiger partial charge in [0.2, 0.25) is 0 Å². The lowest BCUT2D eigenvalue weighted by Gasteiger charge is -2.50. The molecule has 5 atom stereocenters. The molecule has 2 fully saturated rings. The summed E-state index contributed by atoms with van der Waals surface area (Å²) in [5.74, 6) is -1.37. The van der Waals surface area contributed by atoms with Gasteiger partial charge in [-0.2, -0.15) is 0 Å². The Balaban J connectivity index is 2.27. The Labute approximate surface area is 149 Å². The number of hydrogen-bond donors (Lipinski definition) is 1. The highest BCUT2D eigenvalue weighted by molar-refractivity contribution is 7.67. The molecule has 8 heteroatoms. The second-order valence-electron chi connectivity index (χ2n) is 7.64. The lowest BCUT2D eigenvalue weighted by molar-refractivity contribution is -0.212. The fourth-order valence-electron chi connectivity index (χ4n) is 4.76. The third kappa shape index (κ3) is 2.89. The van der Waals surface area contributed by atoms with E-state index in [9.17, 15) is 18.0 Å². The first kappa shape index (κ1) is 19.9. The molecule has 0 saturated heterocycles. The summed E-state index contributed by atoms with van der Waals surface area (Å²) in [6.45, 7) is 11.8. The molecule has 0 heterocycles. The predicted molar refractivity (Wildman–Crippen MR) is 90.1 cm³/mol. The van der Waals surface area contributed by atoms with Crippen LogP contribution in [-0.2, 0) is 34.2 Å². The normalized spacial score (nSPS) is 39.4. The Morgan fingerprint density at radius 2 is 1.84 bits per heavy atom. The third-order valence-corrected chi connectivity index (χ3v) is 7.11. The summed E-state index contributed by atoms with van der Waals surface area (Å²) in [4.78, 5) is 23.7. The molecule has 0 aromatic carbocycles. The minimum Gasteiger partial charge on any atom is -0.453 e. The lowest BCUT2D eigenvalue weighted by atomic mass is 9.66. The van der Waals surface area contributed by atoms with Crippen LogP contribution in [0, 0.1) is 17.3 Å². The van der Waals surface area contributed by atoms with E-state index in [1.165, 1.54) is 6.92 Å². The van der Waals surface area contributed by atoms with Gasteiger partial charge in [-0.3, -0.25) is 4.18 Å². The zero-order valence-electron chi connectivity index (χ0n) is 15.3. The topological polar surface area (TPSA) is 96.0 Å². The van der Waals surface area contributed by atoms with Crippen molar-refractivity contribution in [2.24, 2.45) is 17.3 Å². The van der Waals surface area contributed by atoms with Crippen LogP contribution in [0.5, 0.6) is 0 Å². The molecule has 2 rings (SSSR count). The van der Waals surface area contributed by atoms with E-state index < -0.39 is 46.1 Å². The summed E-state index contributed by atoms with van der Waals surface area (Å²) in [5.41, 5.74) is -2.59. The monoisotopic (exact) mass is 374 g/mol. The van der Waals surface area contributed by atoms with Gasteiger partial charge in [0.25, 0.3) is 11.0 Å². The summed E-state index contributed by atoms with van der Waals surface area (Å²) in [7, 11) is -3.11. The Bertz CT molecular complexity index is 676. The number of hydrogen-bond acceptors (Lipinski definition) is 7. The predicted octanol–water partition coefficient (Wildman–Crippen LogP) is 1.78. The molecule has 7 nitrogen and oxygen atoms in total. The zero-order chi connectivity index (χ0) is 19.2. The van der Waals surface area contributed by atoms with Gasteiger partial charge in [0.1, 0.15) is 11.2 Å². The first-order valence-electron chi connectivity index (χ1n) is 8.27. The van der Waals surface area contributed by atoms with Crippen molar-refractivity contribution in [1.29, 1.82) is 0 Å². The summed E-state index contributed by atoms with van der Waals surface area (Å²) in [6, 6.07) is 0. The van der Waals surface area contributed by atoms with E-state index in [2.05, 4.69) is 6.58 Å². The van der Waals surface area contributed by atoms with E-state index in [0.717, 1.165) is 12.8 Å². The molecule has 0 aromatic rings. The van der Waals surface area contributed by atoms with Crippen LogP contribution in [0.4, 0.5) is 0 Å². The molecule has 25 heavy (non-hydrogen) atoms. The molecular weight excluding hydrogens is 348 g/mol. The molecule has 5 unspecified atom stereocenters. The van der Waals surface area contributed by atoms with E-state index in [1.807, 2.05) is 13.8 Å². The van der Waals surface area contributed by atoms with Crippen molar-refractivity contribution in [1.82, 2.24) is 0 Å². The fourth-order valence-corrected chi connectivity index (χ4v) is 5.37. The zero-order valence-corrected chi connectivity index (χ0v) is 16.2. The maximum absolute atomic E-state index is 12.3. The number of rotatable bonds is 6. The van der Waals surface area contributed by atoms with E-state index in [0.29, 0.717) is 0 Å². The molecule has 2 aliphatic rings. The van der Waals surface area contributed by atoms with Crippen LogP contribution in [0.2, 0.25) is 0 Å². The molecule has 0 N–H and O–H groups in total. The molecule has 142 valence electrons. The lowest BCUT2D eigenvalue weighted by Crippen LogP contribution is -2.61. The van der Waals surface area contributed by atoms with Crippen molar-refractivity contribution in [2.75, 3.05) is 6.61 Å². The largest absolute Gasteiger partial charge is 0.453 e. The smallest absolute Gasteiger partial charge is 0.344 e. The summed E-state index contributed by atoms with van der Waals surface area (Å²) in [6.07, 6.45) is 1.60. The number of ether oxygens (including phenoxy) is 2. The molecule has 2 saturated carbocycles. The van der Waals surface area contributed by atoms with Gasteiger partial charge < -0.3 is 9.47 Å². The Kier molecular flexibility index (Phi) is 5.09. The van der Waals surface area contributed by atoms with Crippen LogP contribution in [0.1, 0.15) is 47.5 Å². The number of carbonyl (C=O) groups is 2. The first-order valence-corrected chi connectivity index (χ1v) is 9.36. The van der Waals surface area contributed by atoms with Crippen molar-refractivity contribution in [3.8, 4) is 0 Å². The van der Waals surface area contributed by atoms with Crippen LogP contribution in [0.3, 0.4) is 0 Å². The fraction of sp³-hybridized carbons (Fsp3) is 0.765. The SMILES string of the molecule is C=C(C)C(=O)OCC(=O)OC1(C)C2(C)CCC(C2C)C1(C)O[SH](=O)=O. The van der Waals surface area contributed by atoms with Crippen LogP contribution < -0.4 is 0 Å². The van der Waals surface area contributed by atoms with Crippen molar-refractivity contribution < 1.29 is 31.7 Å². The number of fused-ring (bicyclic) bond motifs is 2. The third-order valence-electron chi connectivity index (χ3n) is 6.58. The van der Waals surface area contributed by atoms with Crippen LogP contribution in [0.25, 0.3) is 0 Å². The number of esters is 2. The van der Waals surface area contributed by atoms with Gasteiger partial charge in [-0.1, -0.05) is 20.4 Å². The second-order valence-corrected chi connectivity index (χ2v) is 8.27. The van der Waals surface area contributed by atoms with Crippen molar-refractivity contribution in [2.45, 2.75) is 58.7 Å². The molecule has 0 spiro atoms. The molecule has 0 radical (unpaired) electrons. The maximum atomic E-state index is 12.3. The summed E-state index contributed by atoms with van der Waals surface area (Å²) in [5, 5.41) is 0. The van der Waals surface area contributed by atoms with Gasteiger partial charge in [-0.05, 0) is 45.4 Å². The highest BCUT2D eigenvalue weighted by Gasteiger charge is 2.76. The minimum atomic E-state index is -3.11. The highest BCUT2D eigenvalue weighted by Crippen LogP contribution is 2.69. The summed E-state index contributed by atoms with van der Waals surface area (Å²) >= 11 is 0. The molecule has 0 aliphatic heterocycles. The van der Waals surface area contributed by atoms with Crippen LogP contribution in [0.15, 0.2) is 12.2 Å². The van der Waals surface area contributed by atoms with Crippen LogP contribution in [-0.4, -0.2) is 38.2 Å². The van der Waals surface area contributed by atoms with Gasteiger partial charge in [0.15, 0.2) is 6.61 Å². The van der Waals surface area contributed by atoms with E-state index in [4.69, 9.17) is 13.7 Å². The number of thiol groups is 1. The Morgan fingerprint density at radius 1 is 1.24 bits per heavy atom. The molecule has 0 amide bonds. The quantitative estimate of drug-likeness (QED) is 0.430. The highest BCUT2D eigenvalue weighted by atomic mass is 32.2. The van der Waals surface area contributed by atoms with Gasteiger partial charge in [-0.15, -0.1) is 0 Å². The Hall–Kier alpha value is -1.41. The molecular formula is C17H26O7S. The maximum Gasteiger partial charge on any atom is 0.344 e. The molecule has 2 bridgehead atoms. The van der Waals surface area contributed by atoms with E-state index in [-0.39, 0.29) is 17.4 Å². The van der Waals surface area contributed by atoms with Gasteiger partial charge in [0, 0.05) is 11.0 Å². The molecule has 0 aromatic heterocycles. The van der Waals surface area contributed by atoms with Gasteiger partial charge in [-0.25, -0.2) is 18.0 Å². The van der Waals surface area contributed by atoms with Gasteiger partial charge in [0.05, 0.1) is 0 Å². The first-order chi connectivity index (χ1) is 11.4. The van der Waals surface area contributed by atoms with E-state index >= 15 is 0 Å². The molecule has 2 aliphatic carbocycles. The average molecular weight is 374 g/mol. The van der Waals surface area contributed by atoms with Crippen molar-refractivity contribution >= 4 is 22.9 Å². The summed E-state index contributed by atoms with van der Waals surface area (Å²) < 4.78 is 38.5. The number of carbonyl (C=O) groups excluding carboxylic acids is 2. The second kappa shape index (κ2) is 6.39.